The van der Waals surface area contributed by atoms with Crippen molar-refractivity contribution in [2.24, 2.45) is 17.8 Å². The highest BCUT2D eigenvalue weighted by atomic mass is 16.5. The quantitative estimate of drug-likeness (QED) is 0.893. The number of aliphatic hydroxyl groups excluding tert-OH is 1. The molecular weight excluding hydrogens is 252 g/mol. The molecule has 0 heterocycles. The van der Waals surface area contributed by atoms with Gasteiger partial charge in [0.15, 0.2) is 11.5 Å². The second-order valence-corrected chi connectivity index (χ2v) is 6.27. The van der Waals surface area contributed by atoms with E-state index in [1.54, 1.807) is 14.2 Å². The number of aliphatic hydroxyl groups is 1. The Labute approximate surface area is 120 Å². The van der Waals surface area contributed by atoms with E-state index in [9.17, 15) is 5.11 Å². The number of methoxy groups -OCH3 is 2. The molecule has 110 valence electrons. The van der Waals surface area contributed by atoms with Gasteiger partial charge < -0.3 is 14.6 Å². The summed E-state index contributed by atoms with van der Waals surface area (Å²) >= 11 is 0. The number of hydrogen-bond donors (Lipinski definition) is 1. The first-order chi connectivity index (χ1) is 9.72. The van der Waals surface area contributed by atoms with Crippen molar-refractivity contribution >= 4 is 0 Å². The normalized spacial score (nSPS) is 29.4. The van der Waals surface area contributed by atoms with Crippen LogP contribution in [0.25, 0.3) is 0 Å². The molecule has 4 atom stereocenters. The summed E-state index contributed by atoms with van der Waals surface area (Å²) < 4.78 is 10.7. The molecule has 1 aromatic rings. The van der Waals surface area contributed by atoms with Gasteiger partial charge in [-0.1, -0.05) is 18.6 Å². The summed E-state index contributed by atoms with van der Waals surface area (Å²) in [6.07, 6.45) is 5.84. The highest BCUT2D eigenvalue weighted by molar-refractivity contribution is 5.47. The summed E-state index contributed by atoms with van der Waals surface area (Å²) in [5, 5.41) is 10.6. The van der Waals surface area contributed by atoms with Crippen LogP contribution in [0.15, 0.2) is 18.2 Å². The van der Waals surface area contributed by atoms with Gasteiger partial charge in [0.1, 0.15) is 0 Å². The summed E-state index contributed by atoms with van der Waals surface area (Å²) in [6.45, 7) is 0. The van der Waals surface area contributed by atoms with Gasteiger partial charge in [-0.25, -0.2) is 0 Å². The lowest BCUT2D eigenvalue weighted by Gasteiger charge is -2.25. The van der Waals surface area contributed by atoms with E-state index in [1.165, 1.54) is 25.7 Å². The average Bonchev–Trinajstić information content (AvgIpc) is 3.08. The molecule has 1 aromatic carbocycles. The van der Waals surface area contributed by atoms with Crippen molar-refractivity contribution in [2.75, 3.05) is 14.2 Å². The van der Waals surface area contributed by atoms with Gasteiger partial charge in [0.2, 0.25) is 0 Å². The first-order valence-electron chi connectivity index (χ1n) is 7.61. The van der Waals surface area contributed by atoms with E-state index in [2.05, 4.69) is 0 Å². The Kier molecular flexibility index (Phi) is 3.88. The van der Waals surface area contributed by atoms with Crippen LogP contribution >= 0.6 is 0 Å². The molecule has 0 amide bonds. The molecule has 3 rings (SSSR count). The summed E-state index contributed by atoms with van der Waals surface area (Å²) in [5.41, 5.74) is 0.856. The molecule has 3 nitrogen and oxygen atoms in total. The zero-order chi connectivity index (χ0) is 14.1. The minimum atomic E-state index is -0.454. The molecular formula is C17H24O3. The number of para-hydroxylation sites is 1. The monoisotopic (exact) mass is 276 g/mol. The first-order valence-corrected chi connectivity index (χ1v) is 7.61. The summed E-state index contributed by atoms with van der Waals surface area (Å²) in [6, 6.07) is 5.73. The van der Waals surface area contributed by atoms with E-state index < -0.39 is 6.10 Å². The summed E-state index contributed by atoms with van der Waals surface area (Å²) in [5.74, 6) is 3.80. The van der Waals surface area contributed by atoms with Gasteiger partial charge in [0, 0.05) is 5.56 Å². The van der Waals surface area contributed by atoms with Crippen LogP contribution in [0.5, 0.6) is 11.5 Å². The molecule has 0 saturated heterocycles. The Bertz CT molecular complexity index is 471. The van der Waals surface area contributed by atoms with Crippen LogP contribution in [0, 0.1) is 17.8 Å². The molecule has 2 saturated carbocycles. The van der Waals surface area contributed by atoms with Crippen molar-refractivity contribution in [3.05, 3.63) is 23.8 Å². The Morgan fingerprint density at radius 3 is 2.65 bits per heavy atom. The summed E-state index contributed by atoms with van der Waals surface area (Å²) in [4.78, 5) is 0. The first kappa shape index (κ1) is 13.7. The van der Waals surface area contributed by atoms with E-state index in [0.29, 0.717) is 17.4 Å². The molecule has 1 N–H and O–H groups in total. The van der Waals surface area contributed by atoms with Gasteiger partial charge in [-0.05, 0) is 49.5 Å². The number of fused-ring (bicyclic) bond motifs is 2. The third-order valence-corrected chi connectivity index (χ3v) is 5.20. The van der Waals surface area contributed by atoms with Gasteiger partial charge >= 0.3 is 0 Å². The van der Waals surface area contributed by atoms with Crippen LogP contribution in [0.2, 0.25) is 0 Å². The lowest BCUT2D eigenvalue weighted by molar-refractivity contribution is 0.122. The fourth-order valence-corrected chi connectivity index (χ4v) is 4.25. The molecule has 2 aliphatic carbocycles. The fourth-order valence-electron chi connectivity index (χ4n) is 4.25. The fraction of sp³-hybridized carbons (Fsp3) is 0.647. The number of rotatable bonds is 5. The number of benzene rings is 1. The van der Waals surface area contributed by atoms with Gasteiger partial charge in [0.05, 0.1) is 20.3 Å². The lowest BCUT2D eigenvalue weighted by atomic mass is 9.83. The van der Waals surface area contributed by atoms with Crippen molar-refractivity contribution in [3.8, 4) is 11.5 Å². The highest BCUT2D eigenvalue weighted by Gasteiger charge is 2.40. The second kappa shape index (κ2) is 5.65. The Morgan fingerprint density at radius 1 is 1.20 bits per heavy atom. The number of ether oxygens (including phenoxy) is 2. The van der Waals surface area contributed by atoms with E-state index in [0.717, 1.165) is 23.8 Å². The number of hydrogen-bond acceptors (Lipinski definition) is 3. The van der Waals surface area contributed by atoms with Gasteiger partial charge in [0.25, 0.3) is 0 Å². The van der Waals surface area contributed by atoms with Gasteiger partial charge in [-0.2, -0.15) is 0 Å². The smallest absolute Gasteiger partial charge is 0.166 e. The molecule has 0 spiro atoms. The molecule has 3 heteroatoms. The summed E-state index contributed by atoms with van der Waals surface area (Å²) in [7, 11) is 3.26. The maximum Gasteiger partial charge on any atom is 0.166 e. The van der Waals surface area contributed by atoms with Crippen molar-refractivity contribution in [3.63, 3.8) is 0 Å². The molecule has 20 heavy (non-hydrogen) atoms. The minimum absolute atomic E-state index is 0.454. The topological polar surface area (TPSA) is 38.7 Å². The Balaban J connectivity index is 1.75. The predicted octanol–water partition coefficient (Wildman–Crippen LogP) is 3.56. The Morgan fingerprint density at radius 2 is 2.05 bits per heavy atom. The van der Waals surface area contributed by atoms with Crippen molar-refractivity contribution in [2.45, 2.75) is 38.2 Å². The van der Waals surface area contributed by atoms with E-state index in [1.807, 2.05) is 18.2 Å². The molecule has 0 radical (unpaired) electrons. The molecule has 2 aliphatic rings. The molecule has 2 bridgehead atoms. The van der Waals surface area contributed by atoms with Crippen LogP contribution < -0.4 is 9.47 Å². The van der Waals surface area contributed by atoms with Crippen LogP contribution in [0.3, 0.4) is 0 Å². The van der Waals surface area contributed by atoms with Crippen molar-refractivity contribution in [1.82, 2.24) is 0 Å². The molecule has 0 aromatic heterocycles. The Hall–Kier alpha value is -1.22. The van der Waals surface area contributed by atoms with Crippen LogP contribution in [0.4, 0.5) is 0 Å². The SMILES string of the molecule is COc1cccc(C(O)CC2CC3CCC2C3)c1OC. The zero-order valence-corrected chi connectivity index (χ0v) is 12.3. The minimum Gasteiger partial charge on any atom is -0.493 e. The average molecular weight is 276 g/mol. The zero-order valence-electron chi connectivity index (χ0n) is 12.3. The third-order valence-electron chi connectivity index (χ3n) is 5.20. The second-order valence-electron chi connectivity index (χ2n) is 6.27. The van der Waals surface area contributed by atoms with Crippen molar-refractivity contribution in [1.29, 1.82) is 0 Å². The van der Waals surface area contributed by atoms with Gasteiger partial charge in [-0.15, -0.1) is 0 Å². The lowest BCUT2D eigenvalue weighted by Crippen LogP contribution is -2.15. The van der Waals surface area contributed by atoms with Crippen LogP contribution in [-0.4, -0.2) is 19.3 Å². The van der Waals surface area contributed by atoms with Crippen LogP contribution in [-0.2, 0) is 0 Å². The van der Waals surface area contributed by atoms with Crippen molar-refractivity contribution < 1.29 is 14.6 Å². The highest BCUT2D eigenvalue weighted by Crippen LogP contribution is 2.51. The molecule has 4 unspecified atom stereocenters. The standard InChI is InChI=1S/C17H24O3/c1-19-16-5-3-4-14(17(16)20-2)15(18)10-13-9-11-6-7-12(13)8-11/h3-5,11-13,15,18H,6-10H2,1-2H3. The van der Waals surface area contributed by atoms with E-state index >= 15 is 0 Å². The van der Waals surface area contributed by atoms with E-state index in [-0.39, 0.29) is 0 Å². The van der Waals surface area contributed by atoms with Gasteiger partial charge in [-0.3, -0.25) is 0 Å². The molecule has 2 fully saturated rings. The van der Waals surface area contributed by atoms with E-state index in [4.69, 9.17) is 9.47 Å². The maximum absolute atomic E-state index is 10.6. The van der Waals surface area contributed by atoms with Crippen LogP contribution in [0.1, 0.15) is 43.8 Å². The predicted molar refractivity (Wildman–Crippen MR) is 78.1 cm³/mol. The third kappa shape index (κ3) is 2.39. The molecule has 0 aliphatic heterocycles. The maximum atomic E-state index is 10.6. The largest absolute Gasteiger partial charge is 0.493 e.